The smallest absolute Gasteiger partial charge is 0.256 e. The van der Waals surface area contributed by atoms with Gasteiger partial charge in [0.1, 0.15) is 11.6 Å². The summed E-state index contributed by atoms with van der Waals surface area (Å²) in [6, 6.07) is 10.8. The minimum absolute atomic E-state index is 0.0232. The number of amides is 2. The number of anilines is 1. The Morgan fingerprint density at radius 3 is 2.78 bits per heavy atom. The van der Waals surface area contributed by atoms with E-state index in [1.54, 1.807) is 24.3 Å². The fraction of sp³-hybridized carbons (Fsp3) is 0.300. The van der Waals surface area contributed by atoms with Gasteiger partial charge in [0.2, 0.25) is 5.91 Å². The first-order valence-electron chi connectivity index (χ1n) is 8.68. The minimum Gasteiger partial charge on any atom is -0.495 e. The lowest BCUT2D eigenvalue weighted by Crippen LogP contribution is -2.44. The van der Waals surface area contributed by atoms with Crippen LogP contribution in [0.5, 0.6) is 5.75 Å². The van der Waals surface area contributed by atoms with Crippen LogP contribution < -0.4 is 10.1 Å². The zero-order valence-corrected chi connectivity index (χ0v) is 15.6. The van der Waals surface area contributed by atoms with Crippen LogP contribution in [0.1, 0.15) is 23.2 Å². The molecule has 1 atom stereocenters. The molecule has 0 saturated carbocycles. The van der Waals surface area contributed by atoms with Crippen LogP contribution in [0.25, 0.3) is 0 Å². The zero-order chi connectivity index (χ0) is 19.4. The van der Waals surface area contributed by atoms with Crippen molar-refractivity contribution in [2.45, 2.75) is 12.8 Å². The summed E-state index contributed by atoms with van der Waals surface area (Å²) >= 11 is 6.00. The Hall–Kier alpha value is -2.60. The van der Waals surface area contributed by atoms with Gasteiger partial charge in [-0.25, -0.2) is 4.39 Å². The molecule has 1 aliphatic heterocycles. The van der Waals surface area contributed by atoms with Crippen molar-refractivity contribution in [3.63, 3.8) is 0 Å². The van der Waals surface area contributed by atoms with Gasteiger partial charge in [0.05, 0.1) is 24.3 Å². The monoisotopic (exact) mass is 390 g/mol. The average Bonchev–Trinajstić information content (AvgIpc) is 2.68. The summed E-state index contributed by atoms with van der Waals surface area (Å²) in [5.41, 5.74) is 0.502. The second kappa shape index (κ2) is 8.39. The quantitative estimate of drug-likeness (QED) is 0.859. The van der Waals surface area contributed by atoms with Crippen LogP contribution >= 0.6 is 11.6 Å². The van der Waals surface area contributed by atoms with Gasteiger partial charge < -0.3 is 15.0 Å². The molecule has 0 bridgehead atoms. The van der Waals surface area contributed by atoms with Gasteiger partial charge in [-0.15, -0.1) is 0 Å². The average molecular weight is 391 g/mol. The number of likely N-dealkylation sites (tertiary alicyclic amines) is 1. The highest BCUT2D eigenvalue weighted by Gasteiger charge is 2.30. The lowest BCUT2D eigenvalue weighted by molar-refractivity contribution is -0.121. The number of carbonyl (C=O) groups is 2. The topological polar surface area (TPSA) is 58.6 Å². The van der Waals surface area contributed by atoms with E-state index in [1.807, 2.05) is 0 Å². The second-order valence-corrected chi connectivity index (χ2v) is 6.84. The molecule has 1 fully saturated rings. The molecule has 2 amide bonds. The third-order valence-corrected chi connectivity index (χ3v) is 4.84. The molecular formula is C20H20ClFN2O3. The van der Waals surface area contributed by atoms with Crippen molar-refractivity contribution >= 4 is 29.1 Å². The van der Waals surface area contributed by atoms with Crippen LogP contribution in [0.3, 0.4) is 0 Å². The lowest BCUT2D eigenvalue weighted by atomic mass is 9.96. The Morgan fingerprint density at radius 1 is 1.26 bits per heavy atom. The number of piperidine rings is 1. The van der Waals surface area contributed by atoms with Gasteiger partial charge in [-0.05, 0) is 43.2 Å². The zero-order valence-electron chi connectivity index (χ0n) is 14.9. The molecule has 3 rings (SSSR count). The van der Waals surface area contributed by atoms with Gasteiger partial charge in [-0.2, -0.15) is 0 Å². The van der Waals surface area contributed by atoms with Gasteiger partial charge >= 0.3 is 0 Å². The molecule has 1 N–H and O–H groups in total. The van der Waals surface area contributed by atoms with E-state index in [2.05, 4.69) is 5.32 Å². The van der Waals surface area contributed by atoms with Gasteiger partial charge in [-0.3, -0.25) is 9.59 Å². The van der Waals surface area contributed by atoms with Crippen molar-refractivity contribution in [2.75, 3.05) is 25.5 Å². The Morgan fingerprint density at radius 2 is 2.04 bits per heavy atom. The summed E-state index contributed by atoms with van der Waals surface area (Å²) in [5, 5.41) is 3.30. The molecule has 142 valence electrons. The number of ether oxygens (including phenoxy) is 1. The van der Waals surface area contributed by atoms with Crippen molar-refractivity contribution in [2.24, 2.45) is 5.92 Å². The van der Waals surface area contributed by atoms with Crippen molar-refractivity contribution in [1.82, 2.24) is 4.90 Å². The number of hydrogen-bond acceptors (Lipinski definition) is 3. The standard InChI is InChI=1S/C20H20ClFN2O3/c1-27-18-9-8-14(21)11-17(18)23-19(25)13-5-4-10-24(12-13)20(26)15-6-2-3-7-16(15)22/h2-3,6-9,11,13H,4-5,10,12H2,1H3,(H,23,25)/t13-/m0/s1. The maximum atomic E-state index is 13.9. The maximum Gasteiger partial charge on any atom is 0.256 e. The van der Waals surface area contributed by atoms with Gasteiger partial charge in [-0.1, -0.05) is 23.7 Å². The van der Waals surface area contributed by atoms with Crippen LogP contribution in [0, 0.1) is 11.7 Å². The number of benzene rings is 2. The SMILES string of the molecule is COc1ccc(Cl)cc1NC(=O)[C@H]1CCCN(C(=O)c2ccccc2F)C1. The van der Waals surface area contributed by atoms with E-state index in [0.717, 1.165) is 0 Å². The molecule has 1 saturated heterocycles. The number of rotatable bonds is 4. The normalized spacial score (nSPS) is 16.7. The molecule has 0 unspecified atom stereocenters. The van der Waals surface area contributed by atoms with Crippen LogP contribution in [-0.2, 0) is 4.79 Å². The van der Waals surface area contributed by atoms with Gasteiger partial charge in [0, 0.05) is 18.1 Å². The van der Waals surface area contributed by atoms with E-state index >= 15 is 0 Å². The summed E-state index contributed by atoms with van der Waals surface area (Å²) in [6.07, 6.45) is 1.32. The first-order chi connectivity index (χ1) is 13.0. The lowest BCUT2D eigenvalue weighted by Gasteiger charge is -2.32. The number of hydrogen-bond donors (Lipinski definition) is 1. The fourth-order valence-corrected chi connectivity index (χ4v) is 3.37. The Kier molecular flexibility index (Phi) is 5.96. The molecule has 0 spiro atoms. The first kappa shape index (κ1) is 19.2. The highest BCUT2D eigenvalue weighted by molar-refractivity contribution is 6.31. The highest BCUT2D eigenvalue weighted by Crippen LogP contribution is 2.29. The van der Waals surface area contributed by atoms with E-state index in [9.17, 15) is 14.0 Å². The van der Waals surface area contributed by atoms with E-state index in [-0.39, 0.29) is 18.0 Å². The summed E-state index contributed by atoms with van der Waals surface area (Å²) < 4.78 is 19.1. The number of carbonyl (C=O) groups excluding carboxylic acids is 2. The molecule has 27 heavy (non-hydrogen) atoms. The van der Waals surface area contributed by atoms with E-state index in [0.29, 0.717) is 35.8 Å². The van der Waals surface area contributed by atoms with Gasteiger partial charge in [0.15, 0.2) is 0 Å². The first-order valence-corrected chi connectivity index (χ1v) is 9.05. The number of methoxy groups -OCH3 is 1. The van der Waals surface area contributed by atoms with Crippen molar-refractivity contribution in [1.29, 1.82) is 0 Å². The molecule has 0 radical (unpaired) electrons. The maximum absolute atomic E-state index is 13.9. The second-order valence-electron chi connectivity index (χ2n) is 6.40. The van der Waals surface area contributed by atoms with Crippen molar-refractivity contribution in [3.05, 3.63) is 58.9 Å². The Labute approximate surface area is 162 Å². The van der Waals surface area contributed by atoms with E-state index in [1.165, 1.54) is 30.2 Å². The third-order valence-electron chi connectivity index (χ3n) is 4.60. The number of nitrogens with one attached hydrogen (secondary N) is 1. The van der Waals surface area contributed by atoms with Gasteiger partial charge in [0.25, 0.3) is 5.91 Å². The predicted octanol–water partition coefficient (Wildman–Crippen LogP) is 3.98. The summed E-state index contributed by atoms with van der Waals surface area (Å²) in [7, 11) is 1.51. The summed E-state index contributed by atoms with van der Waals surface area (Å²) in [6.45, 7) is 0.735. The highest BCUT2D eigenvalue weighted by atomic mass is 35.5. The fourth-order valence-electron chi connectivity index (χ4n) is 3.19. The van der Waals surface area contributed by atoms with Crippen LogP contribution in [0.2, 0.25) is 5.02 Å². The Bertz CT molecular complexity index is 859. The molecule has 7 heteroatoms. The molecule has 1 heterocycles. The number of nitrogens with zero attached hydrogens (tertiary/aromatic N) is 1. The van der Waals surface area contributed by atoms with Crippen LogP contribution in [-0.4, -0.2) is 36.9 Å². The van der Waals surface area contributed by atoms with E-state index < -0.39 is 17.6 Å². The van der Waals surface area contributed by atoms with Crippen LogP contribution in [0.15, 0.2) is 42.5 Å². The molecule has 2 aromatic rings. The van der Waals surface area contributed by atoms with Crippen molar-refractivity contribution in [3.8, 4) is 5.75 Å². The molecule has 0 aliphatic carbocycles. The Balaban J connectivity index is 1.71. The minimum atomic E-state index is -0.558. The largest absolute Gasteiger partial charge is 0.495 e. The summed E-state index contributed by atoms with van der Waals surface area (Å²) in [4.78, 5) is 26.8. The predicted molar refractivity (Wildman–Crippen MR) is 102 cm³/mol. The molecule has 0 aromatic heterocycles. The summed E-state index contributed by atoms with van der Waals surface area (Å²) in [5.74, 6) is -1.06. The number of halogens is 2. The molecule has 2 aromatic carbocycles. The van der Waals surface area contributed by atoms with Crippen molar-refractivity contribution < 1.29 is 18.7 Å². The van der Waals surface area contributed by atoms with Crippen LogP contribution in [0.4, 0.5) is 10.1 Å². The molecule has 1 aliphatic rings. The third kappa shape index (κ3) is 4.39. The molecular weight excluding hydrogens is 371 g/mol. The van der Waals surface area contributed by atoms with E-state index in [4.69, 9.17) is 16.3 Å². The molecule has 5 nitrogen and oxygen atoms in total.